The van der Waals surface area contributed by atoms with Gasteiger partial charge in [0.1, 0.15) is 18.2 Å². The number of fused-ring (bicyclic) bond motifs is 1. The number of rotatable bonds is 4. The lowest BCUT2D eigenvalue weighted by atomic mass is 10.3. The predicted molar refractivity (Wildman–Crippen MR) is 79.9 cm³/mol. The molecule has 0 aliphatic carbocycles. The van der Waals surface area contributed by atoms with E-state index in [9.17, 15) is 9.18 Å². The molecule has 0 saturated carbocycles. The third kappa shape index (κ3) is 2.88. The highest BCUT2D eigenvalue weighted by molar-refractivity contribution is 6.17. The fourth-order valence-corrected chi connectivity index (χ4v) is 2.98. The molecule has 4 nitrogen and oxygen atoms in total. The zero-order chi connectivity index (χ0) is 14.8. The Balaban J connectivity index is 1.94. The summed E-state index contributed by atoms with van der Waals surface area (Å²) in [7, 11) is 0. The molecule has 1 fully saturated rings. The van der Waals surface area contributed by atoms with E-state index in [2.05, 4.69) is 4.98 Å². The normalized spacial score (nSPS) is 15.0. The Hall–Kier alpha value is -1.62. The molecule has 2 heterocycles. The van der Waals surface area contributed by atoms with E-state index in [0.29, 0.717) is 17.8 Å². The van der Waals surface area contributed by atoms with Crippen molar-refractivity contribution in [3.05, 3.63) is 29.8 Å². The number of hydrogen-bond acceptors (Lipinski definition) is 2. The number of hydrogen-bond donors (Lipinski definition) is 0. The Bertz CT molecular complexity index is 664. The van der Waals surface area contributed by atoms with Crippen molar-refractivity contribution in [2.24, 2.45) is 0 Å². The summed E-state index contributed by atoms with van der Waals surface area (Å²) in [5, 5.41) is 0. The van der Waals surface area contributed by atoms with Crippen LogP contribution in [0, 0.1) is 5.82 Å². The number of amides is 1. The van der Waals surface area contributed by atoms with Gasteiger partial charge >= 0.3 is 0 Å². The van der Waals surface area contributed by atoms with E-state index in [1.54, 1.807) is 6.07 Å². The van der Waals surface area contributed by atoms with Crippen LogP contribution in [-0.2, 0) is 17.8 Å². The Labute approximate surface area is 127 Å². The molecular formula is C15H17ClFN3O. The summed E-state index contributed by atoms with van der Waals surface area (Å²) in [6.07, 6.45) is 2.69. The first-order chi connectivity index (χ1) is 10.2. The second-order valence-corrected chi connectivity index (χ2v) is 5.65. The first kappa shape index (κ1) is 14.3. The van der Waals surface area contributed by atoms with Gasteiger partial charge in [-0.3, -0.25) is 4.79 Å². The number of halogens is 2. The molecule has 21 heavy (non-hydrogen) atoms. The van der Waals surface area contributed by atoms with Gasteiger partial charge in [-0.2, -0.15) is 0 Å². The van der Waals surface area contributed by atoms with Gasteiger partial charge in [0.05, 0.1) is 11.0 Å². The fraction of sp³-hybridized carbons (Fsp3) is 0.467. The Morgan fingerprint density at radius 2 is 2.10 bits per heavy atom. The molecule has 2 aromatic rings. The first-order valence-electron chi connectivity index (χ1n) is 7.17. The van der Waals surface area contributed by atoms with Crippen LogP contribution in [0.1, 0.15) is 18.7 Å². The van der Waals surface area contributed by atoms with Crippen molar-refractivity contribution in [2.75, 3.05) is 19.0 Å². The average Bonchev–Trinajstić information content (AvgIpc) is 3.08. The summed E-state index contributed by atoms with van der Waals surface area (Å²) >= 11 is 5.81. The van der Waals surface area contributed by atoms with Gasteiger partial charge in [0, 0.05) is 31.5 Å². The summed E-state index contributed by atoms with van der Waals surface area (Å²) < 4.78 is 15.2. The maximum Gasteiger partial charge on any atom is 0.242 e. The van der Waals surface area contributed by atoms with E-state index in [1.807, 2.05) is 9.47 Å². The molecule has 1 aromatic heterocycles. The maximum absolute atomic E-state index is 13.3. The Kier molecular flexibility index (Phi) is 4.10. The fourth-order valence-electron chi connectivity index (χ4n) is 2.81. The van der Waals surface area contributed by atoms with Gasteiger partial charge in [0.2, 0.25) is 5.91 Å². The summed E-state index contributed by atoms with van der Waals surface area (Å²) in [5.41, 5.74) is 1.36. The number of imidazole rings is 1. The molecule has 3 rings (SSSR count). The van der Waals surface area contributed by atoms with Crippen molar-refractivity contribution in [3.8, 4) is 0 Å². The first-order valence-corrected chi connectivity index (χ1v) is 7.71. The predicted octanol–water partition coefficient (Wildman–Crippen LogP) is 2.58. The molecule has 0 radical (unpaired) electrons. The van der Waals surface area contributed by atoms with Gasteiger partial charge in [-0.1, -0.05) is 0 Å². The van der Waals surface area contributed by atoms with Crippen LogP contribution in [0.4, 0.5) is 4.39 Å². The highest BCUT2D eigenvalue weighted by Gasteiger charge is 2.20. The molecule has 0 spiro atoms. The van der Waals surface area contributed by atoms with Crippen molar-refractivity contribution < 1.29 is 9.18 Å². The molecule has 1 aliphatic heterocycles. The zero-order valence-electron chi connectivity index (χ0n) is 11.7. The monoisotopic (exact) mass is 309 g/mol. The van der Waals surface area contributed by atoms with Crippen molar-refractivity contribution in [3.63, 3.8) is 0 Å². The van der Waals surface area contributed by atoms with E-state index < -0.39 is 0 Å². The van der Waals surface area contributed by atoms with Gasteiger partial charge in [0.25, 0.3) is 0 Å². The van der Waals surface area contributed by atoms with Crippen molar-refractivity contribution in [1.29, 1.82) is 0 Å². The van der Waals surface area contributed by atoms with Gasteiger partial charge in [-0.15, -0.1) is 11.6 Å². The third-order valence-electron chi connectivity index (χ3n) is 3.86. The minimum absolute atomic E-state index is 0.0898. The molecule has 1 amide bonds. The number of aryl methyl sites for hydroxylation is 1. The molecule has 0 bridgehead atoms. The topological polar surface area (TPSA) is 38.1 Å². The largest absolute Gasteiger partial charge is 0.341 e. The number of alkyl halides is 1. The molecular weight excluding hydrogens is 293 g/mol. The van der Waals surface area contributed by atoms with E-state index >= 15 is 0 Å². The summed E-state index contributed by atoms with van der Waals surface area (Å²) in [6, 6.07) is 4.46. The van der Waals surface area contributed by atoms with Crippen LogP contribution < -0.4 is 0 Å². The van der Waals surface area contributed by atoms with Gasteiger partial charge in [-0.05, 0) is 25.0 Å². The molecule has 0 unspecified atom stereocenters. The number of carbonyl (C=O) groups excluding carboxylic acids is 1. The van der Waals surface area contributed by atoms with Crippen LogP contribution in [0.2, 0.25) is 0 Å². The minimum atomic E-state index is -0.324. The van der Waals surface area contributed by atoms with E-state index in [4.69, 9.17) is 11.6 Å². The van der Waals surface area contributed by atoms with Crippen LogP contribution in [-0.4, -0.2) is 39.3 Å². The van der Waals surface area contributed by atoms with Gasteiger partial charge in [0.15, 0.2) is 0 Å². The minimum Gasteiger partial charge on any atom is -0.341 e. The zero-order valence-corrected chi connectivity index (χ0v) is 12.4. The lowest BCUT2D eigenvalue weighted by Gasteiger charge is -2.17. The second-order valence-electron chi connectivity index (χ2n) is 5.27. The molecule has 6 heteroatoms. The number of benzene rings is 1. The standard InChI is InChI=1S/C15H17ClFN3O/c16-6-5-14-18-12-9-11(17)3-4-13(12)20(14)10-15(21)19-7-1-2-8-19/h3-4,9H,1-2,5-8,10H2. The van der Waals surface area contributed by atoms with Crippen LogP contribution in [0.25, 0.3) is 11.0 Å². The van der Waals surface area contributed by atoms with Crippen molar-refractivity contribution >= 4 is 28.5 Å². The van der Waals surface area contributed by atoms with Gasteiger partial charge < -0.3 is 9.47 Å². The lowest BCUT2D eigenvalue weighted by Crippen LogP contribution is -2.31. The van der Waals surface area contributed by atoms with Crippen molar-refractivity contribution in [2.45, 2.75) is 25.8 Å². The summed E-state index contributed by atoms with van der Waals surface area (Å²) in [6.45, 7) is 1.89. The Morgan fingerprint density at radius 1 is 1.33 bits per heavy atom. The van der Waals surface area contributed by atoms with E-state index in [1.165, 1.54) is 12.1 Å². The molecule has 0 N–H and O–H groups in total. The maximum atomic E-state index is 13.3. The van der Waals surface area contributed by atoms with Crippen LogP contribution >= 0.6 is 11.6 Å². The Morgan fingerprint density at radius 3 is 2.81 bits per heavy atom. The number of likely N-dealkylation sites (tertiary alicyclic amines) is 1. The van der Waals surface area contributed by atoms with Crippen molar-refractivity contribution in [1.82, 2.24) is 14.5 Å². The summed E-state index contributed by atoms with van der Waals surface area (Å²) in [4.78, 5) is 18.6. The number of nitrogens with zero attached hydrogens (tertiary/aromatic N) is 3. The molecule has 112 valence electrons. The highest BCUT2D eigenvalue weighted by Crippen LogP contribution is 2.19. The lowest BCUT2D eigenvalue weighted by molar-refractivity contribution is -0.130. The van der Waals surface area contributed by atoms with Crippen LogP contribution in [0.15, 0.2) is 18.2 Å². The van der Waals surface area contributed by atoms with Crippen LogP contribution in [0.3, 0.4) is 0 Å². The smallest absolute Gasteiger partial charge is 0.242 e. The molecule has 0 atom stereocenters. The van der Waals surface area contributed by atoms with Crippen LogP contribution in [0.5, 0.6) is 0 Å². The number of carbonyl (C=O) groups is 1. The summed E-state index contributed by atoms with van der Waals surface area (Å²) in [5.74, 6) is 0.921. The third-order valence-corrected chi connectivity index (χ3v) is 4.05. The van der Waals surface area contributed by atoms with E-state index in [-0.39, 0.29) is 18.3 Å². The highest BCUT2D eigenvalue weighted by atomic mass is 35.5. The molecule has 1 aromatic carbocycles. The number of aromatic nitrogens is 2. The average molecular weight is 310 g/mol. The molecule has 1 saturated heterocycles. The van der Waals surface area contributed by atoms with E-state index in [0.717, 1.165) is 37.3 Å². The quantitative estimate of drug-likeness (QED) is 0.814. The SMILES string of the molecule is O=C(Cn1c(CCCl)nc2cc(F)ccc21)N1CCCC1. The second kappa shape index (κ2) is 6.02. The van der Waals surface area contributed by atoms with Gasteiger partial charge in [-0.25, -0.2) is 9.37 Å². The molecule has 1 aliphatic rings.